The summed E-state index contributed by atoms with van der Waals surface area (Å²) in [6.45, 7) is 8.39. The summed E-state index contributed by atoms with van der Waals surface area (Å²) < 4.78 is 7.28. The van der Waals surface area contributed by atoms with E-state index >= 15 is 0 Å². The van der Waals surface area contributed by atoms with Gasteiger partial charge in [0.25, 0.3) is 11.1 Å². The Hall–Kier alpha value is -3.19. The molecule has 3 aromatic rings. The van der Waals surface area contributed by atoms with Crippen LogP contribution in [0.25, 0.3) is 21.3 Å². The Labute approximate surface area is 198 Å². The number of carbonyl (C=O) groups excluding carboxylic acids is 2. The van der Waals surface area contributed by atoms with Crippen molar-refractivity contribution in [3.8, 4) is 15.6 Å². The zero-order valence-electron chi connectivity index (χ0n) is 19.9. The van der Waals surface area contributed by atoms with Gasteiger partial charge in [-0.3, -0.25) is 9.59 Å². The van der Waals surface area contributed by atoms with Gasteiger partial charge in [0, 0.05) is 43.4 Å². The molecule has 0 unspecified atom stereocenters. The number of hydrogen-bond acceptors (Lipinski definition) is 5. The molecule has 1 amide bonds. The number of carbonyl (C=O) groups is 2. The van der Waals surface area contributed by atoms with Crippen LogP contribution in [0.5, 0.6) is 5.19 Å². The number of ether oxygens (including phenoxy) is 1. The molecule has 4 rings (SSSR count). The second-order valence-electron chi connectivity index (χ2n) is 8.90. The number of hydrogen-bond donors (Lipinski definition) is 1. The minimum absolute atomic E-state index is 0.0735. The number of nitrogens with zero attached hydrogens (tertiary/aromatic N) is 2. The third-order valence-corrected chi connectivity index (χ3v) is 7.06. The molecule has 0 atom stereocenters. The molecule has 0 saturated carbocycles. The molecule has 2 heterocycles. The maximum absolute atomic E-state index is 13.4. The van der Waals surface area contributed by atoms with Crippen LogP contribution in [0.4, 0.5) is 0 Å². The summed E-state index contributed by atoms with van der Waals surface area (Å²) in [5.41, 5.74) is 6.20. The number of aryl methyl sites for hydroxylation is 1. The van der Waals surface area contributed by atoms with Crippen molar-refractivity contribution in [3.63, 3.8) is 0 Å². The number of aromatic nitrogens is 2. The molecule has 7 heteroatoms. The summed E-state index contributed by atoms with van der Waals surface area (Å²) in [7, 11) is 3.56. The summed E-state index contributed by atoms with van der Waals surface area (Å²) in [5.74, 6) is 0.178. The summed E-state index contributed by atoms with van der Waals surface area (Å²) in [6.07, 6.45) is 6.29. The summed E-state index contributed by atoms with van der Waals surface area (Å²) in [5, 5.41) is 4.63. The second kappa shape index (κ2) is 8.98. The molecule has 2 aromatic heterocycles. The summed E-state index contributed by atoms with van der Waals surface area (Å²) in [4.78, 5) is 31.2. The van der Waals surface area contributed by atoms with Crippen LogP contribution in [-0.2, 0) is 11.8 Å². The molecule has 172 valence electrons. The highest BCUT2D eigenvalue weighted by atomic mass is 32.1. The van der Waals surface area contributed by atoms with Crippen LogP contribution < -0.4 is 10.1 Å². The molecule has 1 aromatic carbocycles. The van der Waals surface area contributed by atoms with Crippen molar-refractivity contribution in [2.24, 2.45) is 7.05 Å². The number of methoxy groups -OCH3 is 1. The van der Waals surface area contributed by atoms with E-state index in [0.717, 1.165) is 32.5 Å². The number of rotatable bonds is 6. The Kier molecular flexibility index (Phi) is 6.26. The number of Topliss-reactive ketones (excluding diaryl/α,β-unsaturated/α-hetero) is 1. The fourth-order valence-electron chi connectivity index (χ4n) is 4.43. The minimum Gasteiger partial charge on any atom is -0.473 e. The average molecular weight is 464 g/mol. The van der Waals surface area contributed by atoms with Gasteiger partial charge in [0.15, 0.2) is 5.78 Å². The van der Waals surface area contributed by atoms with Crippen LogP contribution in [-0.4, -0.2) is 34.9 Å². The zero-order valence-corrected chi connectivity index (χ0v) is 20.7. The predicted octanol–water partition coefficient (Wildman–Crippen LogP) is 5.40. The molecule has 33 heavy (non-hydrogen) atoms. The lowest BCUT2D eigenvalue weighted by Crippen LogP contribution is -2.29. The normalized spacial score (nSPS) is 14.3. The van der Waals surface area contributed by atoms with E-state index in [1.807, 2.05) is 37.6 Å². The van der Waals surface area contributed by atoms with Gasteiger partial charge in [-0.15, -0.1) is 0 Å². The van der Waals surface area contributed by atoms with E-state index in [1.165, 1.54) is 16.9 Å². The Balaban J connectivity index is 1.77. The van der Waals surface area contributed by atoms with Crippen molar-refractivity contribution in [1.29, 1.82) is 0 Å². The van der Waals surface area contributed by atoms with E-state index < -0.39 is 0 Å². The predicted molar refractivity (Wildman–Crippen MR) is 133 cm³/mol. The average Bonchev–Trinajstić information content (AvgIpc) is 3.37. The van der Waals surface area contributed by atoms with Gasteiger partial charge < -0.3 is 14.6 Å². The number of fused-ring (bicyclic) bond motifs is 1. The number of thiazole rings is 1. The standard InChI is InChI=1S/C26H29N3O3S/c1-14(2)21-13-29(5)24-18(21)9-17(23-12-28-26(32-6)33-23)10-19(24)25(31)27-11-20-16(4)7-15(3)8-22(20)30/h7,9-10,12-14H,8,11H2,1-6H3,(H,27,31). The zero-order chi connectivity index (χ0) is 23.9. The largest absolute Gasteiger partial charge is 0.473 e. The molecule has 1 aliphatic carbocycles. The first-order valence-corrected chi connectivity index (χ1v) is 11.8. The number of ketones is 1. The maximum atomic E-state index is 13.4. The van der Waals surface area contributed by atoms with Gasteiger partial charge in [-0.1, -0.05) is 36.8 Å². The molecule has 0 aliphatic heterocycles. The van der Waals surface area contributed by atoms with E-state index in [4.69, 9.17) is 4.74 Å². The number of allylic oxidation sites excluding steroid dienone is 3. The van der Waals surface area contributed by atoms with Gasteiger partial charge in [0.05, 0.1) is 23.1 Å². The van der Waals surface area contributed by atoms with Crippen LogP contribution in [0.15, 0.2) is 47.3 Å². The molecule has 1 N–H and O–H groups in total. The van der Waals surface area contributed by atoms with Crippen LogP contribution in [0.1, 0.15) is 56.0 Å². The van der Waals surface area contributed by atoms with Crippen molar-refractivity contribution in [2.45, 2.75) is 40.0 Å². The van der Waals surface area contributed by atoms with E-state index in [2.05, 4.69) is 36.4 Å². The van der Waals surface area contributed by atoms with Crippen LogP contribution in [0.2, 0.25) is 0 Å². The first-order valence-electron chi connectivity index (χ1n) is 11.0. The smallest absolute Gasteiger partial charge is 0.273 e. The minimum atomic E-state index is -0.200. The lowest BCUT2D eigenvalue weighted by Gasteiger charge is -2.16. The third-order valence-electron chi connectivity index (χ3n) is 6.06. The number of benzene rings is 1. The molecule has 1 aliphatic rings. The molecular weight excluding hydrogens is 434 g/mol. The summed E-state index contributed by atoms with van der Waals surface area (Å²) in [6, 6.07) is 4.03. The topological polar surface area (TPSA) is 73.2 Å². The molecule has 6 nitrogen and oxygen atoms in total. The monoisotopic (exact) mass is 463 g/mol. The van der Waals surface area contributed by atoms with E-state index in [1.54, 1.807) is 13.3 Å². The lowest BCUT2D eigenvalue weighted by molar-refractivity contribution is -0.115. The fourth-order valence-corrected chi connectivity index (χ4v) is 5.15. The first-order chi connectivity index (χ1) is 15.7. The highest BCUT2D eigenvalue weighted by Crippen LogP contribution is 2.37. The Morgan fingerprint density at radius 2 is 2.06 bits per heavy atom. The second-order valence-corrected chi connectivity index (χ2v) is 9.89. The molecule has 0 fully saturated rings. The molecule has 0 bridgehead atoms. The van der Waals surface area contributed by atoms with Crippen LogP contribution in [0.3, 0.4) is 0 Å². The molecule has 0 saturated heterocycles. The van der Waals surface area contributed by atoms with Crippen molar-refractivity contribution < 1.29 is 14.3 Å². The fraction of sp³-hybridized carbons (Fsp3) is 0.346. The highest BCUT2D eigenvalue weighted by molar-refractivity contribution is 7.16. The SMILES string of the molecule is COc1ncc(-c2cc(C(=O)NCC3=C(C)C=C(C)CC3=O)c3c(c2)c(C(C)C)cn3C)s1. The van der Waals surface area contributed by atoms with Gasteiger partial charge >= 0.3 is 0 Å². The Bertz CT molecular complexity index is 1320. The molecular formula is C26H29N3O3S. The maximum Gasteiger partial charge on any atom is 0.273 e. The van der Waals surface area contributed by atoms with E-state index in [0.29, 0.717) is 28.7 Å². The van der Waals surface area contributed by atoms with Crippen molar-refractivity contribution >= 4 is 33.9 Å². The summed E-state index contributed by atoms with van der Waals surface area (Å²) >= 11 is 1.44. The van der Waals surface area contributed by atoms with Crippen molar-refractivity contribution in [3.05, 3.63) is 58.4 Å². The number of amides is 1. The van der Waals surface area contributed by atoms with Crippen molar-refractivity contribution in [2.75, 3.05) is 13.7 Å². The number of nitrogens with one attached hydrogen (secondary N) is 1. The lowest BCUT2D eigenvalue weighted by atomic mass is 9.92. The van der Waals surface area contributed by atoms with Gasteiger partial charge in [-0.2, -0.15) is 0 Å². The molecule has 0 radical (unpaired) electrons. The first kappa shape index (κ1) is 23.0. The van der Waals surface area contributed by atoms with Crippen LogP contribution >= 0.6 is 11.3 Å². The molecule has 0 spiro atoms. The third kappa shape index (κ3) is 4.37. The van der Waals surface area contributed by atoms with Crippen molar-refractivity contribution in [1.82, 2.24) is 14.9 Å². The Morgan fingerprint density at radius 3 is 2.70 bits per heavy atom. The van der Waals surface area contributed by atoms with Gasteiger partial charge in [-0.25, -0.2) is 4.98 Å². The Morgan fingerprint density at radius 1 is 1.30 bits per heavy atom. The van der Waals surface area contributed by atoms with Gasteiger partial charge in [-0.05, 0) is 48.6 Å². The van der Waals surface area contributed by atoms with Gasteiger partial charge in [0.2, 0.25) is 0 Å². The van der Waals surface area contributed by atoms with E-state index in [9.17, 15) is 9.59 Å². The van der Waals surface area contributed by atoms with Crippen LogP contribution in [0, 0.1) is 0 Å². The highest BCUT2D eigenvalue weighted by Gasteiger charge is 2.22. The van der Waals surface area contributed by atoms with Gasteiger partial charge in [0.1, 0.15) is 0 Å². The quantitative estimate of drug-likeness (QED) is 0.531. The van der Waals surface area contributed by atoms with E-state index in [-0.39, 0.29) is 18.2 Å².